The molecule has 4 heterocycles. The summed E-state index contributed by atoms with van der Waals surface area (Å²) in [5, 5.41) is 0. The van der Waals surface area contributed by atoms with Crippen molar-refractivity contribution < 1.29 is 4.79 Å². The van der Waals surface area contributed by atoms with Crippen molar-refractivity contribution in [3.8, 4) is 0 Å². The second kappa shape index (κ2) is 7.17. The molecular weight excluding hydrogens is 314 g/mol. The highest BCUT2D eigenvalue weighted by atomic mass is 16.2. The Morgan fingerprint density at radius 1 is 1.04 bits per heavy atom. The molecule has 4 rings (SSSR count). The van der Waals surface area contributed by atoms with Crippen LogP contribution in [0.2, 0.25) is 0 Å². The number of amides is 1. The van der Waals surface area contributed by atoms with Crippen molar-refractivity contribution in [2.45, 2.75) is 31.6 Å². The Hall–Kier alpha value is -2.50. The molecule has 2 aromatic heterocycles. The summed E-state index contributed by atoms with van der Waals surface area (Å²) in [5.74, 6) is 1.31. The van der Waals surface area contributed by atoms with Gasteiger partial charge in [-0.15, -0.1) is 0 Å². The van der Waals surface area contributed by atoms with E-state index in [4.69, 9.17) is 0 Å². The van der Waals surface area contributed by atoms with Crippen molar-refractivity contribution in [1.82, 2.24) is 19.9 Å². The van der Waals surface area contributed by atoms with Crippen molar-refractivity contribution in [2.24, 2.45) is 0 Å². The molecule has 2 aliphatic heterocycles. The Morgan fingerprint density at radius 3 is 2.72 bits per heavy atom. The van der Waals surface area contributed by atoms with Gasteiger partial charge in [0.05, 0.1) is 0 Å². The lowest BCUT2D eigenvalue weighted by atomic mass is 9.94. The number of anilines is 1. The van der Waals surface area contributed by atoms with Crippen LogP contribution >= 0.6 is 0 Å². The van der Waals surface area contributed by atoms with Gasteiger partial charge in [0.2, 0.25) is 0 Å². The number of carbonyl (C=O) groups excluding carboxylic acids is 1. The number of pyridine rings is 1. The van der Waals surface area contributed by atoms with Gasteiger partial charge >= 0.3 is 0 Å². The lowest BCUT2D eigenvalue weighted by Crippen LogP contribution is -2.39. The fourth-order valence-electron chi connectivity index (χ4n) is 3.80. The highest BCUT2D eigenvalue weighted by molar-refractivity contribution is 5.95. The van der Waals surface area contributed by atoms with Crippen LogP contribution in [0.15, 0.2) is 36.9 Å². The molecule has 25 heavy (non-hydrogen) atoms. The van der Waals surface area contributed by atoms with E-state index in [1.165, 1.54) is 12.8 Å². The van der Waals surface area contributed by atoms with E-state index in [1.54, 1.807) is 18.7 Å². The van der Waals surface area contributed by atoms with Gasteiger partial charge in [0.1, 0.15) is 12.1 Å². The van der Waals surface area contributed by atoms with Crippen LogP contribution in [0.5, 0.6) is 0 Å². The monoisotopic (exact) mass is 337 g/mol. The van der Waals surface area contributed by atoms with Gasteiger partial charge in [0.15, 0.2) is 0 Å². The van der Waals surface area contributed by atoms with Crippen LogP contribution in [0.1, 0.15) is 47.7 Å². The Labute approximate surface area is 147 Å². The second-order valence-electron chi connectivity index (χ2n) is 6.82. The first kappa shape index (κ1) is 16.0. The zero-order valence-corrected chi connectivity index (χ0v) is 14.3. The summed E-state index contributed by atoms with van der Waals surface area (Å²) in [4.78, 5) is 30.0. The van der Waals surface area contributed by atoms with Gasteiger partial charge in [0.25, 0.3) is 5.91 Å². The van der Waals surface area contributed by atoms with Crippen LogP contribution in [0.3, 0.4) is 0 Å². The van der Waals surface area contributed by atoms with E-state index in [1.807, 2.05) is 23.1 Å². The minimum atomic E-state index is 0.0987. The highest BCUT2D eigenvalue weighted by Gasteiger charge is 2.26. The smallest absolute Gasteiger partial charge is 0.254 e. The maximum absolute atomic E-state index is 13.0. The minimum absolute atomic E-state index is 0.0987. The van der Waals surface area contributed by atoms with Gasteiger partial charge < -0.3 is 9.80 Å². The average Bonchev–Trinajstić information content (AvgIpc) is 3.23. The third-order valence-corrected chi connectivity index (χ3v) is 5.15. The number of rotatable bonds is 3. The van der Waals surface area contributed by atoms with Crippen molar-refractivity contribution >= 4 is 11.7 Å². The molecule has 0 aromatic carbocycles. The van der Waals surface area contributed by atoms with E-state index in [0.29, 0.717) is 5.92 Å². The largest absolute Gasteiger partial charge is 0.357 e. The average molecular weight is 337 g/mol. The zero-order valence-electron chi connectivity index (χ0n) is 14.3. The van der Waals surface area contributed by atoms with Gasteiger partial charge in [0, 0.05) is 55.7 Å². The van der Waals surface area contributed by atoms with Gasteiger partial charge in [-0.2, -0.15) is 0 Å². The molecule has 2 aliphatic rings. The highest BCUT2D eigenvalue weighted by Crippen LogP contribution is 2.27. The second-order valence-corrected chi connectivity index (χ2v) is 6.82. The molecule has 0 unspecified atom stereocenters. The predicted octanol–water partition coefficient (Wildman–Crippen LogP) is 2.49. The summed E-state index contributed by atoms with van der Waals surface area (Å²) >= 11 is 0. The first-order valence-corrected chi connectivity index (χ1v) is 9.07. The molecule has 1 atom stereocenters. The quantitative estimate of drug-likeness (QED) is 0.861. The molecule has 1 amide bonds. The van der Waals surface area contributed by atoms with Gasteiger partial charge in [-0.3, -0.25) is 4.79 Å². The number of nitrogens with zero attached hydrogens (tertiary/aromatic N) is 5. The van der Waals surface area contributed by atoms with Gasteiger partial charge in [-0.05, 0) is 43.9 Å². The van der Waals surface area contributed by atoms with Crippen molar-refractivity contribution in [1.29, 1.82) is 0 Å². The van der Waals surface area contributed by atoms with Crippen molar-refractivity contribution in [3.05, 3.63) is 48.2 Å². The number of piperidine rings is 1. The summed E-state index contributed by atoms with van der Waals surface area (Å²) in [7, 11) is 0. The Kier molecular flexibility index (Phi) is 4.59. The summed E-state index contributed by atoms with van der Waals surface area (Å²) in [6.07, 6.45) is 9.59. The van der Waals surface area contributed by atoms with Crippen LogP contribution in [0, 0.1) is 0 Å². The van der Waals surface area contributed by atoms with E-state index in [0.717, 1.165) is 56.1 Å². The number of likely N-dealkylation sites (tertiary alicyclic amines) is 1. The van der Waals surface area contributed by atoms with E-state index >= 15 is 0 Å². The Morgan fingerprint density at radius 2 is 1.92 bits per heavy atom. The molecule has 0 N–H and O–H groups in total. The molecule has 0 saturated carbocycles. The third-order valence-electron chi connectivity index (χ3n) is 5.15. The lowest BCUT2D eigenvalue weighted by molar-refractivity contribution is 0.0706. The van der Waals surface area contributed by atoms with E-state index in [9.17, 15) is 4.79 Å². The molecule has 0 radical (unpaired) electrons. The van der Waals surface area contributed by atoms with Crippen LogP contribution in [-0.2, 0) is 0 Å². The van der Waals surface area contributed by atoms with Crippen molar-refractivity contribution in [2.75, 3.05) is 31.1 Å². The number of hydrogen-bond donors (Lipinski definition) is 0. The molecule has 0 aliphatic carbocycles. The third kappa shape index (κ3) is 3.48. The number of hydrogen-bond acceptors (Lipinski definition) is 5. The Balaban J connectivity index is 1.49. The lowest BCUT2D eigenvalue weighted by Gasteiger charge is -2.32. The fraction of sp³-hybridized carbons (Fsp3) is 0.474. The minimum Gasteiger partial charge on any atom is -0.357 e. The molecule has 2 aromatic rings. The zero-order chi connectivity index (χ0) is 17.1. The molecule has 6 heteroatoms. The van der Waals surface area contributed by atoms with E-state index < -0.39 is 0 Å². The SMILES string of the molecule is O=C(c1ccnc(N2CCCC2)c1)N1CCC[C@H](c2ccncn2)C1. The number of carbonyl (C=O) groups is 1. The summed E-state index contributed by atoms with van der Waals surface area (Å²) in [6, 6.07) is 5.73. The molecule has 2 saturated heterocycles. The molecule has 0 spiro atoms. The first-order chi connectivity index (χ1) is 12.3. The van der Waals surface area contributed by atoms with E-state index in [-0.39, 0.29) is 5.91 Å². The fourth-order valence-corrected chi connectivity index (χ4v) is 3.80. The van der Waals surface area contributed by atoms with E-state index in [2.05, 4.69) is 19.9 Å². The molecule has 2 fully saturated rings. The summed E-state index contributed by atoms with van der Waals surface area (Å²) in [6.45, 7) is 3.59. The molecule has 6 nitrogen and oxygen atoms in total. The topological polar surface area (TPSA) is 62.2 Å². The van der Waals surface area contributed by atoms with Crippen LogP contribution in [0.25, 0.3) is 0 Å². The standard InChI is InChI=1S/C19H23N5O/c25-19(15-5-8-21-18(12-15)23-9-1-2-10-23)24-11-3-4-16(13-24)17-6-7-20-14-22-17/h5-8,12,14,16H,1-4,9-11,13H2/t16-/m0/s1. The maximum Gasteiger partial charge on any atom is 0.254 e. The predicted molar refractivity (Wildman–Crippen MR) is 95.6 cm³/mol. The van der Waals surface area contributed by atoms with Crippen LogP contribution in [-0.4, -0.2) is 51.9 Å². The maximum atomic E-state index is 13.0. The Bertz CT molecular complexity index is 730. The van der Waals surface area contributed by atoms with Crippen LogP contribution < -0.4 is 4.90 Å². The number of aromatic nitrogens is 3. The normalized spacial score (nSPS) is 20.7. The van der Waals surface area contributed by atoms with Gasteiger partial charge in [-0.25, -0.2) is 15.0 Å². The van der Waals surface area contributed by atoms with Crippen molar-refractivity contribution in [3.63, 3.8) is 0 Å². The van der Waals surface area contributed by atoms with Crippen LogP contribution in [0.4, 0.5) is 5.82 Å². The summed E-state index contributed by atoms with van der Waals surface area (Å²) in [5.41, 5.74) is 1.76. The molecule has 130 valence electrons. The summed E-state index contributed by atoms with van der Waals surface area (Å²) < 4.78 is 0. The molecule has 0 bridgehead atoms. The van der Waals surface area contributed by atoms with Gasteiger partial charge in [-0.1, -0.05) is 0 Å². The molecular formula is C19H23N5O. The first-order valence-electron chi connectivity index (χ1n) is 9.07.